The van der Waals surface area contributed by atoms with E-state index in [0.29, 0.717) is 3.11 Å². The van der Waals surface area contributed by atoms with E-state index in [1.807, 2.05) is 0 Å². The molecule has 0 aromatic rings. The second kappa shape index (κ2) is 8.90. The van der Waals surface area contributed by atoms with Crippen molar-refractivity contribution in [2.24, 2.45) is 0 Å². The van der Waals surface area contributed by atoms with E-state index in [1.54, 1.807) is 0 Å². The third-order valence-corrected chi connectivity index (χ3v) is 5.14. The predicted molar refractivity (Wildman–Crippen MR) is 81.3 cm³/mol. The second-order valence-corrected chi connectivity index (χ2v) is 7.52. The Morgan fingerprint density at radius 2 is 0.909 bits per heavy atom. The average Bonchev–Trinajstić information content (AvgIpc) is 2.59. The fraction of sp³-hybridized carbons (Fsp3) is 0.923. The van der Waals surface area contributed by atoms with Crippen LogP contribution >= 0.6 is 22.9 Å². The molecule has 33 heavy (non-hydrogen) atoms. The van der Waals surface area contributed by atoms with Gasteiger partial charge in [-0.25, -0.2) is 0 Å². The van der Waals surface area contributed by atoms with Crippen LogP contribution in [0, 0.1) is 0 Å². The summed E-state index contributed by atoms with van der Waals surface area (Å²) in [6, 6.07) is 0. The molecule has 0 saturated carbocycles. The van der Waals surface area contributed by atoms with Gasteiger partial charge in [0, 0.05) is 19.9 Å². The molecule has 0 N–H and O–H groups in total. The topological polar surface area (TPSA) is 20.3 Å². The summed E-state index contributed by atoms with van der Waals surface area (Å²) < 4.78 is 222. The molecule has 198 valence electrons. The van der Waals surface area contributed by atoms with Gasteiger partial charge in [0.2, 0.25) is 5.91 Å². The minimum Gasteiger partial charge on any atom is -0.285 e. The van der Waals surface area contributed by atoms with Crippen LogP contribution in [0.4, 0.5) is 74.6 Å². The Labute approximate surface area is 185 Å². The lowest BCUT2D eigenvalue weighted by atomic mass is 9.88. The maximum atomic E-state index is 13.6. The van der Waals surface area contributed by atoms with Gasteiger partial charge in [-0.2, -0.15) is 74.6 Å². The molecule has 0 bridgehead atoms. The average molecular weight is 645 g/mol. The Bertz CT molecular complexity index is 716. The molecule has 20 heteroatoms. The summed E-state index contributed by atoms with van der Waals surface area (Å²) in [6.45, 7) is -0.123. The molecule has 0 fully saturated rings. The molecule has 0 unspecified atom stereocenters. The number of nitrogens with zero attached hydrogens (tertiary/aromatic N) is 1. The number of amides is 1. The zero-order chi connectivity index (χ0) is 27.3. The van der Waals surface area contributed by atoms with E-state index in [-0.39, 0.29) is 0 Å². The second-order valence-electron chi connectivity index (χ2n) is 6.36. The standard InChI is InChI=1S/C13H9F17INO/c1-5(33)32(31)4-2-3-6(14,15)7(16,17)8(18,19)9(20,21)10(22,23)11(24,25)12(26,27)13(28,29)30/h2-4H2,1H3. The van der Waals surface area contributed by atoms with Crippen molar-refractivity contribution in [1.82, 2.24) is 3.11 Å². The fourth-order valence-corrected chi connectivity index (χ4v) is 2.29. The van der Waals surface area contributed by atoms with E-state index >= 15 is 0 Å². The normalized spacial score (nSPS) is 15.6. The minimum absolute atomic E-state index is 0.493. The van der Waals surface area contributed by atoms with Gasteiger partial charge in [-0.15, -0.1) is 0 Å². The monoisotopic (exact) mass is 645 g/mol. The molecule has 0 aromatic heterocycles. The minimum atomic E-state index is -8.63. The highest BCUT2D eigenvalue weighted by Gasteiger charge is 2.95. The number of carbonyl (C=O) groups excluding carboxylic acids is 1. The van der Waals surface area contributed by atoms with Gasteiger partial charge in [0.15, 0.2) is 0 Å². The van der Waals surface area contributed by atoms with Gasteiger partial charge in [0.1, 0.15) is 0 Å². The van der Waals surface area contributed by atoms with E-state index in [0.717, 1.165) is 29.8 Å². The summed E-state index contributed by atoms with van der Waals surface area (Å²) in [4.78, 5) is 10.8. The molecular formula is C13H9F17INO. The van der Waals surface area contributed by atoms with E-state index in [9.17, 15) is 79.4 Å². The maximum absolute atomic E-state index is 13.6. The van der Waals surface area contributed by atoms with E-state index < -0.39 is 72.9 Å². The highest BCUT2D eigenvalue weighted by molar-refractivity contribution is 14.1. The number of rotatable bonds is 10. The molecule has 0 aliphatic rings. The van der Waals surface area contributed by atoms with E-state index in [4.69, 9.17) is 0 Å². The van der Waals surface area contributed by atoms with Crippen LogP contribution in [0.25, 0.3) is 0 Å². The van der Waals surface area contributed by atoms with Crippen molar-refractivity contribution < 1.29 is 79.4 Å². The molecule has 0 heterocycles. The van der Waals surface area contributed by atoms with Gasteiger partial charge < -0.3 is 0 Å². The molecular weight excluding hydrogens is 636 g/mol. The predicted octanol–water partition coefficient (Wildman–Crippen LogP) is 6.97. The van der Waals surface area contributed by atoms with Crippen molar-refractivity contribution in [1.29, 1.82) is 0 Å². The van der Waals surface area contributed by atoms with E-state index in [1.165, 1.54) is 0 Å². The van der Waals surface area contributed by atoms with Crippen molar-refractivity contribution in [3.63, 3.8) is 0 Å². The fourth-order valence-electron chi connectivity index (χ4n) is 1.95. The largest absolute Gasteiger partial charge is 0.460 e. The summed E-state index contributed by atoms with van der Waals surface area (Å²) in [7, 11) is 0. The molecule has 0 radical (unpaired) electrons. The van der Waals surface area contributed by atoms with Crippen molar-refractivity contribution in [2.75, 3.05) is 6.54 Å². The van der Waals surface area contributed by atoms with Crippen LogP contribution < -0.4 is 0 Å². The number of hydrogen-bond acceptors (Lipinski definition) is 1. The first-order valence-electron chi connectivity index (χ1n) is 7.73. The first kappa shape index (κ1) is 32.0. The smallest absolute Gasteiger partial charge is 0.285 e. The lowest BCUT2D eigenvalue weighted by Crippen LogP contribution is -2.74. The molecule has 0 saturated heterocycles. The first-order chi connectivity index (χ1) is 14.1. The third kappa shape index (κ3) is 4.90. The Morgan fingerprint density at radius 1 is 0.606 bits per heavy atom. The van der Waals surface area contributed by atoms with Crippen molar-refractivity contribution in [3.8, 4) is 0 Å². The molecule has 0 atom stereocenters. The Kier molecular flexibility index (Phi) is 8.64. The van der Waals surface area contributed by atoms with Crippen LogP contribution in [0.3, 0.4) is 0 Å². The van der Waals surface area contributed by atoms with Crippen molar-refractivity contribution in [3.05, 3.63) is 0 Å². The first-order valence-corrected chi connectivity index (χ1v) is 8.69. The van der Waals surface area contributed by atoms with E-state index in [2.05, 4.69) is 0 Å². The quantitative estimate of drug-likeness (QED) is 0.143. The maximum Gasteiger partial charge on any atom is 0.460 e. The summed E-state index contributed by atoms with van der Waals surface area (Å²) in [6.07, 6.45) is -11.7. The SMILES string of the molecule is CC(=O)N(I)CCCC(F)(F)C(F)(F)C(F)(F)C(F)(F)C(F)(F)C(F)(F)C(F)(F)C(F)(F)F. The van der Waals surface area contributed by atoms with Crippen molar-refractivity contribution in [2.45, 2.75) is 67.4 Å². The Morgan fingerprint density at radius 3 is 1.21 bits per heavy atom. The van der Waals surface area contributed by atoms with Gasteiger partial charge in [-0.1, -0.05) is 0 Å². The van der Waals surface area contributed by atoms with Gasteiger partial charge in [0.25, 0.3) is 0 Å². The lowest BCUT2D eigenvalue weighted by molar-refractivity contribution is -0.461. The summed E-state index contributed by atoms with van der Waals surface area (Å²) in [5.41, 5.74) is 0. The highest BCUT2D eigenvalue weighted by Crippen LogP contribution is 2.64. The van der Waals surface area contributed by atoms with Crippen molar-refractivity contribution >= 4 is 28.8 Å². The molecule has 0 spiro atoms. The lowest BCUT2D eigenvalue weighted by Gasteiger charge is -2.42. The van der Waals surface area contributed by atoms with Crippen LogP contribution in [0.15, 0.2) is 0 Å². The molecule has 1 amide bonds. The zero-order valence-corrected chi connectivity index (χ0v) is 17.4. The number of halogens is 18. The third-order valence-electron chi connectivity index (χ3n) is 3.97. The number of alkyl halides is 17. The van der Waals surface area contributed by atoms with Crippen LogP contribution in [0.2, 0.25) is 0 Å². The zero-order valence-electron chi connectivity index (χ0n) is 15.3. The molecule has 0 aromatic carbocycles. The molecule has 0 aliphatic carbocycles. The Hall–Kier alpha value is -0.990. The highest BCUT2D eigenvalue weighted by atomic mass is 127. The summed E-state index contributed by atoms with van der Waals surface area (Å²) in [5, 5.41) is 0. The van der Waals surface area contributed by atoms with Gasteiger partial charge >= 0.3 is 47.6 Å². The van der Waals surface area contributed by atoms with Crippen LogP contribution in [-0.2, 0) is 4.79 Å². The summed E-state index contributed by atoms with van der Waals surface area (Å²) >= 11 is 1.10. The molecule has 0 aliphatic heterocycles. The molecule has 0 rings (SSSR count). The van der Waals surface area contributed by atoms with Gasteiger partial charge in [0.05, 0.1) is 22.9 Å². The number of hydrogen-bond donors (Lipinski definition) is 0. The molecule has 2 nitrogen and oxygen atoms in total. The van der Waals surface area contributed by atoms with Crippen LogP contribution in [-0.4, -0.2) is 63.2 Å². The van der Waals surface area contributed by atoms with Gasteiger partial charge in [-0.05, 0) is 6.42 Å². The Balaban J connectivity index is 6.34. The number of carbonyl (C=O) groups is 1. The van der Waals surface area contributed by atoms with Crippen LogP contribution in [0.1, 0.15) is 19.8 Å². The van der Waals surface area contributed by atoms with Crippen LogP contribution in [0.5, 0.6) is 0 Å². The van der Waals surface area contributed by atoms with Gasteiger partial charge in [-0.3, -0.25) is 7.91 Å². The summed E-state index contributed by atoms with van der Waals surface area (Å²) in [5.74, 6) is -57.2.